The summed E-state index contributed by atoms with van der Waals surface area (Å²) in [7, 11) is 0. The molecule has 3 rings (SSSR count). The quantitative estimate of drug-likeness (QED) is 0.237. The number of carbonyl (C=O) groups excluding carboxylic acids is 2. The molecular formula is C23H24N4O7. The number of benzene rings is 1. The van der Waals surface area contributed by atoms with Gasteiger partial charge in [0.05, 0.1) is 29.3 Å². The second kappa shape index (κ2) is 10.6. The lowest BCUT2D eigenvalue weighted by Gasteiger charge is -2.17. The minimum Gasteiger partial charge on any atom is -0.481 e. The van der Waals surface area contributed by atoms with Crippen molar-refractivity contribution in [2.75, 3.05) is 0 Å². The number of guanidine groups is 1. The van der Waals surface area contributed by atoms with Gasteiger partial charge in [-0.25, -0.2) is 9.79 Å². The van der Waals surface area contributed by atoms with Crippen molar-refractivity contribution in [1.82, 2.24) is 4.98 Å². The highest BCUT2D eigenvalue weighted by Crippen LogP contribution is 2.28. The zero-order chi connectivity index (χ0) is 24.8. The Labute approximate surface area is 194 Å². The smallest absolute Gasteiger partial charge is 0.343 e. The van der Waals surface area contributed by atoms with Crippen LogP contribution in [0.4, 0.5) is 5.69 Å². The average Bonchev–Trinajstić information content (AvgIpc) is 2.75. The molecule has 11 heteroatoms. The van der Waals surface area contributed by atoms with Gasteiger partial charge in [-0.1, -0.05) is 0 Å². The number of pyridine rings is 1. The fourth-order valence-electron chi connectivity index (χ4n) is 3.66. The van der Waals surface area contributed by atoms with Crippen LogP contribution in [0.3, 0.4) is 0 Å². The molecule has 1 aliphatic rings. The third-order valence-electron chi connectivity index (χ3n) is 5.30. The fourth-order valence-corrected chi connectivity index (χ4v) is 3.66. The number of aliphatic carboxylic acids is 2. The summed E-state index contributed by atoms with van der Waals surface area (Å²) in [5, 5.41) is 17.9. The van der Waals surface area contributed by atoms with Gasteiger partial charge in [0, 0.05) is 18.5 Å². The van der Waals surface area contributed by atoms with Crippen LogP contribution in [-0.4, -0.2) is 44.8 Å². The van der Waals surface area contributed by atoms with Crippen molar-refractivity contribution in [3.05, 3.63) is 52.8 Å². The van der Waals surface area contributed by atoms with Crippen molar-refractivity contribution in [3.8, 4) is 5.75 Å². The van der Waals surface area contributed by atoms with E-state index in [1.54, 1.807) is 30.3 Å². The highest BCUT2D eigenvalue weighted by Gasteiger charge is 2.24. The summed E-state index contributed by atoms with van der Waals surface area (Å²) in [5.74, 6) is -4.53. The average molecular weight is 468 g/mol. The molecule has 0 aliphatic carbocycles. The second-order valence-corrected chi connectivity index (χ2v) is 7.89. The van der Waals surface area contributed by atoms with Gasteiger partial charge < -0.3 is 26.4 Å². The zero-order valence-electron chi connectivity index (χ0n) is 18.2. The minimum atomic E-state index is -1.32. The molecule has 0 radical (unpaired) electrons. The summed E-state index contributed by atoms with van der Waals surface area (Å²) < 4.78 is 5.51. The van der Waals surface area contributed by atoms with E-state index in [0.717, 1.165) is 0 Å². The summed E-state index contributed by atoms with van der Waals surface area (Å²) in [5.41, 5.74) is 13.6. The van der Waals surface area contributed by atoms with Crippen LogP contribution >= 0.6 is 0 Å². The van der Waals surface area contributed by atoms with E-state index in [1.807, 2.05) is 0 Å². The molecule has 0 fully saturated rings. The van der Waals surface area contributed by atoms with E-state index in [9.17, 15) is 19.2 Å². The van der Waals surface area contributed by atoms with Gasteiger partial charge in [0.25, 0.3) is 0 Å². The Bertz CT molecular complexity index is 1170. The minimum absolute atomic E-state index is 0.0136. The van der Waals surface area contributed by atoms with Crippen LogP contribution in [0.5, 0.6) is 5.75 Å². The van der Waals surface area contributed by atoms with E-state index in [4.69, 9.17) is 26.4 Å². The van der Waals surface area contributed by atoms with E-state index in [1.165, 1.54) is 0 Å². The number of aryl methyl sites for hydroxylation is 3. The standard InChI is InChI=1S/C23H24N4O7/c24-23(25)27-15-3-6-17-12(9-15)1-7-18-19(34-22(17)33)8-4-14(26-18)2-5-16(28)10-13(21(31)32)11-20(29)30/h3-4,6,8-9,13H,1-2,5,7,10-11H2,(H,29,30)(H,31,32)(H4,24,25,27)/t13-/m0/s1. The molecule has 34 heavy (non-hydrogen) atoms. The van der Waals surface area contributed by atoms with E-state index in [2.05, 4.69) is 9.98 Å². The van der Waals surface area contributed by atoms with E-state index < -0.39 is 30.2 Å². The van der Waals surface area contributed by atoms with E-state index in [-0.39, 0.29) is 31.0 Å². The van der Waals surface area contributed by atoms with Gasteiger partial charge in [-0.05, 0) is 55.2 Å². The molecule has 0 saturated carbocycles. The molecule has 6 N–H and O–H groups in total. The maximum atomic E-state index is 12.6. The monoisotopic (exact) mass is 468 g/mol. The predicted octanol–water partition coefficient (Wildman–Crippen LogP) is 1.37. The SMILES string of the molecule is NC(N)=Nc1ccc2c(c1)CCc1nc(CCC(=O)C[C@@H](CC(=O)O)C(=O)O)ccc1OC2=O. The molecule has 2 heterocycles. The summed E-state index contributed by atoms with van der Waals surface area (Å²) in [6.07, 6.45) is 0.220. The Morgan fingerprint density at radius 3 is 2.53 bits per heavy atom. The Morgan fingerprint density at radius 2 is 1.85 bits per heavy atom. The van der Waals surface area contributed by atoms with Gasteiger partial charge in [0.15, 0.2) is 11.7 Å². The van der Waals surface area contributed by atoms with Gasteiger partial charge in [-0.15, -0.1) is 0 Å². The Hall–Kier alpha value is -4.28. The van der Waals surface area contributed by atoms with Crippen LogP contribution in [0.1, 0.15) is 46.6 Å². The number of Topliss-reactive ketones (excluding diaryl/α,β-unsaturated/α-hetero) is 1. The van der Waals surface area contributed by atoms with Crippen LogP contribution in [-0.2, 0) is 33.6 Å². The number of hydrogen-bond acceptors (Lipinski definition) is 7. The number of carbonyl (C=O) groups is 4. The molecule has 0 spiro atoms. The van der Waals surface area contributed by atoms with Crippen LogP contribution in [0, 0.1) is 5.92 Å². The molecule has 0 unspecified atom stereocenters. The van der Waals surface area contributed by atoms with Gasteiger partial charge in [0.1, 0.15) is 5.78 Å². The van der Waals surface area contributed by atoms with E-state index >= 15 is 0 Å². The number of aromatic nitrogens is 1. The van der Waals surface area contributed by atoms with Crippen LogP contribution in [0.2, 0.25) is 0 Å². The molecule has 1 atom stereocenters. The number of rotatable bonds is 9. The molecular weight excluding hydrogens is 444 g/mol. The maximum Gasteiger partial charge on any atom is 0.343 e. The van der Waals surface area contributed by atoms with Crippen molar-refractivity contribution in [3.63, 3.8) is 0 Å². The van der Waals surface area contributed by atoms with Crippen LogP contribution in [0.25, 0.3) is 0 Å². The highest BCUT2D eigenvalue weighted by atomic mass is 16.5. The van der Waals surface area contributed by atoms with Crippen molar-refractivity contribution >= 4 is 35.3 Å². The lowest BCUT2D eigenvalue weighted by molar-refractivity contribution is -0.149. The molecule has 1 aromatic heterocycles. The predicted molar refractivity (Wildman–Crippen MR) is 120 cm³/mol. The molecule has 1 aliphatic heterocycles. The number of ketones is 1. The molecule has 178 valence electrons. The topological polar surface area (TPSA) is 195 Å². The summed E-state index contributed by atoms with van der Waals surface area (Å²) in [4.78, 5) is 55.3. The first kappa shape index (κ1) is 24.4. The lowest BCUT2D eigenvalue weighted by Crippen LogP contribution is -2.22. The summed E-state index contributed by atoms with van der Waals surface area (Å²) >= 11 is 0. The number of hydrogen-bond donors (Lipinski definition) is 4. The Morgan fingerprint density at radius 1 is 1.09 bits per heavy atom. The molecule has 0 saturated heterocycles. The van der Waals surface area contributed by atoms with Gasteiger partial charge >= 0.3 is 17.9 Å². The van der Waals surface area contributed by atoms with E-state index in [0.29, 0.717) is 46.8 Å². The Balaban J connectivity index is 1.70. The number of esters is 1. The maximum absolute atomic E-state index is 12.6. The number of nitrogens with zero attached hydrogens (tertiary/aromatic N) is 2. The number of ether oxygens (including phenoxy) is 1. The van der Waals surface area contributed by atoms with Crippen LogP contribution < -0.4 is 16.2 Å². The molecule has 1 aromatic carbocycles. The molecule has 0 bridgehead atoms. The third-order valence-corrected chi connectivity index (χ3v) is 5.30. The third kappa shape index (κ3) is 6.37. The molecule has 0 amide bonds. The van der Waals surface area contributed by atoms with Crippen molar-refractivity contribution in [2.24, 2.45) is 22.4 Å². The van der Waals surface area contributed by atoms with Gasteiger partial charge in [-0.3, -0.25) is 19.4 Å². The summed E-state index contributed by atoms with van der Waals surface area (Å²) in [6.45, 7) is 0. The first-order valence-electron chi connectivity index (χ1n) is 10.5. The van der Waals surface area contributed by atoms with Crippen molar-refractivity contribution < 1.29 is 34.1 Å². The first-order valence-corrected chi connectivity index (χ1v) is 10.5. The Kier molecular flexibility index (Phi) is 7.57. The normalized spacial score (nSPS) is 13.4. The highest BCUT2D eigenvalue weighted by molar-refractivity contribution is 5.93. The van der Waals surface area contributed by atoms with Gasteiger partial charge in [0.2, 0.25) is 0 Å². The molecule has 2 aromatic rings. The van der Waals surface area contributed by atoms with Crippen molar-refractivity contribution in [2.45, 2.75) is 38.5 Å². The number of nitrogens with two attached hydrogens (primary N) is 2. The fraction of sp³-hybridized carbons (Fsp3) is 0.304. The number of carboxylic acid groups (broad SMARTS) is 2. The molecule has 11 nitrogen and oxygen atoms in total. The second-order valence-electron chi connectivity index (χ2n) is 7.89. The number of fused-ring (bicyclic) bond motifs is 2. The van der Waals surface area contributed by atoms with Crippen molar-refractivity contribution in [1.29, 1.82) is 0 Å². The van der Waals surface area contributed by atoms with Gasteiger partial charge in [-0.2, -0.15) is 0 Å². The lowest BCUT2D eigenvalue weighted by atomic mass is 9.96. The summed E-state index contributed by atoms with van der Waals surface area (Å²) in [6, 6.07) is 8.18. The first-order chi connectivity index (χ1) is 16.1. The zero-order valence-corrected chi connectivity index (χ0v) is 18.2. The largest absolute Gasteiger partial charge is 0.481 e. The number of aliphatic imine (C=N–C) groups is 1. The number of carboxylic acids is 2. The van der Waals surface area contributed by atoms with Crippen LogP contribution in [0.15, 0.2) is 35.3 Å².